The quantitative estimate of drug-likeness (QED) is 0.612. The van der Waals surface area contributed by atoms with Crippen molar-refractivity contribution in [1.29, 1.82) is 0 Å². The number of benzene rings is 1. The lowest BCUT2D eigenvalue weighted by Gasteiger charge is -2.14. The van der Waals surface area contributed by atoms with Crippen LogP contribution >= 0.6 is 0 Å². The summed E-state index contributed by atoms with van der Waals surface area (Å²) in [5.41, 5.74) is 1.57. The van der Waals surface area contributed by atoms with Gasteiger partial charge in [0, 0.05) is 25.2 Å². The van der Waals surface area contributed by atoms with Gasteiger partial charge >= 0.3 is 6.03 Å². The number of hydrogen-bond acceptors (Lipinski definition) is 2. The molecular weight excluding hydrogens is 290 g/mol. The van der Waals surface area contributed by atoms with Crippen LogP contribution in [0.4, 0.5) is 4.79 Å². The van der Waals surface area contributed by atoms with Crippen molar-refractivity contribution >= 4 is 11.9 Å². The van der Waals surface area contributed by atoms with E-state index in [1.807, 2.05) is 19.1 Å². The fourth-order valence-corrected chi connectivity index (χ4v) is 2.32. The van der Waals surface area contributed by atoms with E-state index < -0.39 is 0 Å². The molecule has 128 valence electrons. The largest absolute Gasteiger partial charge is 0.355 e. The maximum atomic E-state index is 11.9. The molecule has 1 aromatic rings. The molecule has 0 aliphatic heterocycles. The first-order valence-corrected chi connectivity index (χ1v) is 8.42. The van der Waals surface area contributed by atoms with E-state index >= 15 is 0 Å². The Bertz CT molecular complexity index is 486. The molecule has 0 saturated carbocycles. The van der Waals surface area contributed by atoms with Crippen LogP contribution in [-0.2, 0) is 6.54 Å². The Labute approximate surface area is 139 Å². The van der Waals surface area contributed by atoms with Crippen LogP contribution in [0.3, 0.4) is 0 Å². The number of rotatable bonds is 9. The minimum atomic E-state index is -0.150. The van der Waals surface area contributed by atoms with Gasteiger partial charge in [-0.1, -0.05) is 44.7 Å². The molecule has 0 radical (unpaired) electrons. The van der Waals surface area contributed by atoms with Gasteiger partial charge in [-0.05, 0) is 31.0 Å². The number of nitrogens with one attached hydrogen (secondary N) is 3. The first-order valence-electron chi connectivity index (χ1n) is 8.42. The predicted molar refractivity (Wildman–Crippen MR) is 93.4 cm³/mol. The maximum Gasteiger partial charge on any atom is 0.315 e. The number of unbranched alkanes of at least 4 members (excludes halogenated alkanes) is 3. The highest BCUT2D eigenvalue weighted by atomic mass is 16.2. The average molecular weight is 319 g/mol. The summed E-state index contributed by atoms with van der Waals surface area (Å²) in [5, 5.41) is 8.37. The molecule has 0 aliphatic rings. The van der Waals surface area contributed by atoms with Crippen LogP contribution in [-0.4, -0.2) is 25.0 Å². The lowest BCUT2D eigenvalue weighted by molar-refractivity contribution is 0.0963. The summed E-state index contributed by atoms with van der Waals surface area (Å²) in [6, 6.07) is 7.23. The van der Waals surface area contributed by atoms with Crippen LogP contribution in [0, 0.1) is 0 Å². The topological polar surface area (TPSA) is 70.2 Å². The molecule has 1 aromatic carbocycles. The van der Waals surface area contributed by atoms with Crippen molar-refractivity contribution in [3.05, 3.63) is 35.4 Å². The van der Waals surface area contributed by atoms with Crippen molar-refractivity contribution in [3.63, 3.8) is 0 Å². The van der Waals surface area contributed by atoms with Gasteiger partial charge in [-0.2, -0.15) is 0 Å². The number of carbonyl (C=O) groups is 2. The lowest BCUT2D eigenvalue weighted by atomic mass is 10.1. The van der Waals surface area contributed by atoms with Crippen molar-refractivity contribution in [2.75, 3.05) is 7.05 Å². The normalized spacial score (nSPS) is 11.6. The van der Waals surface area contributed by atoms with Gasteiger partial charge in [-0.3, -0.25) is 4.79 Å². The van der Waals surface area contributed by atoms with Crippen LogP contribution < -0.4 is 16.0 Å². The number of hydrogen-bond donors (Lipinski definition) is 3. The molecule has 23 heavy (non-hydrogen) atoms. The van der Waals surface area contributed by atoms with Gasteiger partial charge in [0.1, 0.15) is 0 Å². The minimum Gasteiger partial charge on any atom is -0.355 e. The summed E-state index contributed by atoms with van der Waals surface area (Å²) in [4.78, 5) is 23.3. The molecule has 3 amide bonds. The maximum absolute atomic E-state index is 11.9. The SMILES string of the molecule is CCCCCCC(C)NC(=O)NCc1ccc(C(=O)NC)cc1. The fraction of sp³-hybridized carbons (Fsp3) is 0.556. The Morgan fingerprint density at radius 1 is 1.09 bits per heavy atom. The second-order valence-electron chi connectivity index (χ2n) is 5.85. The molecular formula is C18H29N3O2. The molecule has 0 heterocycles. The van der Waals surface area contributed by atoms with Crippen molar-refractivity contribution < 1.29 is 9.59 Å². The molecule has 0 bridgehead atoms. The third kappa shape index (κ3) is 7.68. The summed E-state index contributed by atoms with van der Waals surface area (Å²) in [6.45, 7) is 4.67. The molecule has 3 N–H and O–H groups in total. The Kier molecular flexibility index (Phi) is 8.80. The van der Waals surface area contributed by atoms with Crippen molar-refractivity contribution in [3.8, 4) is 0 Å². The molecule has 0 saturated heterocycles. The Morgan fingerprint density at radius 2 is 1.78 bits per heavy atom. The minimum absolute atomic E-state index is 0.112. The van der Waals surface area contributed by atoms with Gasteiger partial charge in [0.25, 0.3) is 5.91 Å². The highest BCUT2D eigenvalue weighted by Crippen LogP contribution is 2.06. The van der Waals surface area contributed by atoms with Gasteiger partial charge in [0.15, 0.2) is 0 Å². The van der Waals surface area contributed by atoms with Crippen LogP contribution in [0.1, 0.15) is 61.9 Å². The number of amides is 3. The monoisotopic (exact) mass is 319 g/mol. The predicted octanol–water partition coefficient (Wildman–Crippen LogP) is 3.20. The van der Waals surface area contributed by atoms with Gasteiger partial charge in [-0.15, -0.1) is 0 Å². The van der Waals surface area contributed by atoms with E-state index in [4.69, 9.17) is 0 Å². The third-order valence-electron chi connectivity index (χ3n) is 3.76. The van der Waals surface area contributed by atoms with E-state index in [1.54, 1.807) is 19.2 Å². The van der Waals surface area contributed by atoms with E-state index in [1.165, 1.54) is 19.3 Å². The van der Waals surface area contributed by atoms with Gasteiger partial charge in [0.05, 0.1) is 0 Å². The Balaban J connectivity index is 2.28. The van der Waals surface area contributed by atoms with Crippen molar-refractivity contribution in [2.24, 2.45) is 0 Å². The van der Waals surface area contributed by atoms with Crippen LogP contribution in [0.2, 0.25) is 0 Å². The molecule has 0 fully saturated rings. The summed E-state index contributed by atoms with van der Waals surface area (Å²) in [7, 11) is 1.60. The fourth-order valence-electron chi connectivity index (χ4n) is 2.32. The zero-order valence-electron chi connectivity index (χ0n) is 14.4. The molecule has 5 nitrogen and oxygen atoms in total. The van der Waals surface area contributed by atoms with Crippen molar-refractivity contribution in [2.45, 2.75) is 58.5 Å². The molecule has 1 atom stereocenters. The summed E-state index contributed by atoms with van der Waals surface area (Å²) in [5.74, 6) is -0.112. The zero-order chi connectivity index (χ0) is 17.1. The van der Waals surface area contributed by atoms with E-state index in [0.717, 1.165) is 18.4 Å². The second-order valence-corrected chi connectivity index (χ2v) is 5.85. The van der Waals surface area contributed by atoms with E-state index in [-0.39, 0.29) is 18.0 Å². The number of carbonyl (C=O) groups excluding carboxylic acids is 2. The third-order valence-corrected chi connectivity index (χ3v) is 3.76. The number of urea groups is 1. The Morgan fingerprint density at radius 3 is 2.39 bits per heavy atom. The highest BCUT2D eigenvalue weighted by Gasteiger charge is 2.07. The Hall–Kier alpha value is -2.04. The molecule has 1 unspecified atom stereocenters. The molecule has 1 rings (SSSR count). The van der Waals surface area contributed by atoms with Gasteiger partial charge in [-0.25, -0.2) is 4.79 Å². The van der Waals surface area contributed by atoms with Crippen LogP contribution in [0.5, 0.6) is 0 Å². The summed E-state index contributed by atoms with van der Waals surface area (Å²) < 4.78 is 0. The highest BCUT2D eigenvalue weighted by molar-refractivity contribution is 5.93. The zero-order valence-corrected chi connectivity index (χ0v) is 14.4. The van der Waals surface area contributed by atoms with Crippen LogP contribution in [0.15, 0.2) is 24.3 Å². The first-order chi connectivity index (χ1) is 11.1. The molecule has 0 aromatic heterocycles. The smallest absolute Gasteiger partial charge is 0.315 e. The standard InChI is InChI=1S/C18H29N3O2/c1-4-5-6-7-8-14(2)21-18(23)20-13-15-9-11-16(12-10-15)17(22)19-3/h9-12,14H,4-8,13H2,1-3H3,(H,19,22)(H2,20,21,23). The van der Waals surface area contributed by atoms with Gasteiger partial charge in [0.2, 0.25) is 0 Å². The molecule has 5 heteroatoms. The van der Waals surface area contributed by atoms with E-state index in [9.17, 15) is 9.59 Å². The van der Waals surface area contributed by atoms with E-state index in [0.29, 0.717) is 12.1 Å². The van der Waals surface area contributed by atoms with Crippen LogP contribution in [0.25, 0.3) is 0 Å². The van der Waals surface area contributed by atoms with Crippen molar-refractivity contribution in [1.82, 2.24) is 16.0 Å². The summed E-state index contributed by atoms with van der Waals surface area (Å²) >= 11 is 0. The average Bonchev–Trinajstić information content (AvgIpc) is 2.56. The molecule has 0 spiro atoms. The first kappa shape index (κ1) is 19.0. The van der Waals surface area contributed by atoms with E-state index in [2.05, 4.69) is 22.9 Å². The van der Waals surface area contributed by atoms with Gasteiger partial charge < -0.3 is 16.0 Å². The second kappa shape index (κ2) is 10.6. The lowest BCUT2D eigenvalue weighted by Crippen LogP contribution is -2.40. The summed E-state index contributed by atoms with van der Waals surface area (Å²) in [6.07, 6.45) is 5.86. The molecule has 0 aliphatic carbocycles.